The molecule has 3 heteroatoms. The highest BCUT2D eigenvalue weighted by molar-refractivity contribution is 5.73. The third-order valence-electron chi connectivity index (χ3n) is 2.20. The minimum absolute atomic E-state index is 0.0322. The summed E-state index contributed by atoms with van der Waals surface area (Å²) in [5, 5.41) is 0. The number of hydrogen-bond acceptors (Lipinski definition) is 3. The summed E-state index contributed by atoms with van der Waals surface area (Å²) < 4.78 is 4.57. The van der Waals surface area contributed by atoms with Crippen molar-refractivity contribution < 1.29 is 14.3 Å². The molecule has 0 aromatic carbocycles. The molecular formula is C8H12O3. The molecule has 0 saturated heterocycles. The van der Waals surface area contributed by atoms with Crippen LogP contribution in [-0.2, 0) is 14.3 Å². The maximum absolute atomic E-state index is 10.9. The van der Waals surface area contributed by atoms with Gasteiger partial charge < -0.3 is 9.53 Å². The molecule has 0 heterocycles. The third kappa shape index (κ3) is 1.79. The van der Waals surface area contributed by atoms with Crippen LogP contribution in [0, 0.1) is 11.8 Å². The quantitative estimate of drug-likeness (QED) is 0.438. The van der Waals surface area contributed by atoms with Crippen LogP contribution in [0.1, 0.15) is 19.3 Å². The second kappa shape index (κ2) is 3.51. The van der Waals surface area contributed by atoms with Gasteiger partial charge in [0.15, 0.2) is 0 Å². The Morgan fingerprint density at radius 3 is 2.73 bits per heavy atom. The van der Waals surface area contributed by atoms with Gasteiger partial charge in [-0.15, -0.1) is 0 Å². The summed E-state index contributed by atoms with van der Waals surface area (Å²) >= 11 is 0. The molecule has 0 N–H and O–H groups in total. The van der Waals surface area contributed by atoms with Gasteiger partial charge in [0.1, 0.15) is 6.29 Å². The van der Waals surface area contributed by atoms with Gasteiger partial charge in [0.2, 0.25) is 0 Å². The van der Waals surface area contributed by atoms with Crippen molar-refractivity contribution in [2.45, 2.75) is 19.3 Å². The third-order valence-corrected chi connectivity index (χ3v) is 2.20. The van der Waals surface area contributed by atoms with Crippen molar-refractivity contribution in [1.29, 1.82) is 0 Å². The van der Waals surface area contributed by atoms with E-state index in [9.17, 15) is 9.59 Å². The summed E-state index contributed by atoms with van der Waals surface area (Å²) in [4.78, 5) is 21.2. The van der Waals surface area contributed by atoms with E-state index in [1.807, 2.05) is 0 Å². The first-order valence-corrected chi connectivity index (χ1v) is 3.81. The van der Waals surface area contributed by atoms with Crippen molar-refractivity contribution in [3.8, 4) is 0 Å². The average Bonchev–Trinajstić information content (AvgIpc) is 2.50. The summed E-state index contributed by atoms with van der Waals surface area (Å²) in [6.45, 7) is 0. The normalized spacial score (nSPS) is 29.9. The molecular weight excluding hydrogens is 144 g/mol. The van der Waals surface area contributed by atoms with Crippen molar-refractivity contribution in [3.63, 3.8) is 0 Å². The molecule has 0 radical (unpaired) electrons. The van der Waals surface area contributed by atoms with E-state index in [4.69, 9.17) is 0 Å². The highest BCUT2D eigenvalue weighted by Crippen LogP contribution is 2.29. The summed E-state index contributed by atoms with van der Waals surface area (Å²) in [7, 11) is 1.39. The fourth-order valence-electron chi connectivity index (χ4n) is 1.52. The second-order valence-corrected chi connectivity index (χ2v) is 2.93. The van der Waals surface area contributed by atoms with Crippen LogP contribution in [0.5, 0.6) is 0 Å². The summed E-state index contributed by atoms with van der Waals surface area (Å²) in [5.74, 6) is -0.122. The molecule has 0 amide bonds. The maximum Gasteiger partial charge on any atom is 0.308 e. The van der Waals surface area contributed by atoms with E-state index in [0.29, 0.717) is 6.42 Å². The topological polar surface area (TPSA) is 43.4 Å². The zero-order valence-electron chi connectivity index (χ0n) is 6.58. The molecule has 0 aliphatic heterocycles. The van der Waals surface area contributed by atoms with Gasteiger partial charge in [0.25, 0.3) is 0 Å². The lowest BCUT2D eigenvalue weighted by Crippen LogP contribution is -2.12. The van der Waals surface area contributed by atoms with Crippen molar-refractivity contribution >= 4 is 12.3 Å². The van der Waals surface area contributed by atoms with Gasteiger partial charge in [0.05, 0.1) is 13.0 Å². The molecule has 2 atom stereocenters. The minimum atomic E-state index is -0.172. The van der Waals surface area contributed by atoms with Crippen LogP contribution in [0.25, 0.3) is 0 Å². The van der Waals surface area contributed by atoms with Gasteiger partial charge >= 0.3 is 5.97 Å². The Balaban J connectivity index is 2.41. The summed E-state index contributed by atoms with van der Waals surface area (Å²) in [6, 6.07) is 0. The Labute approximate surface area is 65.7 Å². The Hall–Kier alpha value is -0.860. The Bertz CT molecular complexity index is 165. The lowest BCUT2D eigenvalue weighted by atomic mass is 10.1. The number of carbonyl (C=O) groups excluding carboxylic acids is 2. The minimum Gasteiger partial charge on any atom is -0.469 e. The molecule has 0 aromatic heterocycles. The van der Waals surface area contributed by atoms with Crippen LogP contribution in [0.15, 0.2) is 0 Å². The fraction of sp³-hybridized carbons (Fsp3) is 0.750. The molecule has 0 aromatic rings. The van der Waals surface area contributed by atoms with Crippen LogP contribution in [0.2, 0.25) is 0 Å². The van der Waals surface area contributed by atoms with E-state index in [2.05, 4.69) is 4.74 Å². The molecule has 62 valence electrons. The van der Waals surface area contributed by atoms with Gasteiger partial charge in [0, 0.05) is 5.92 Å². The van der Waals surface area contributed by atoms with Crippen LogP contribution in [-0.4, -0.2) is 19.4 Å². The smallest absolute Gasteiger partial charge is 0.308 e. The number of hydrogen-bond donors (Lipinski definition) is 0. The molecule has 1 fully saturated rings. The van der Waals surface area contributed by atoms with E-state index in [1.165, 1.54) is 7.11 Å². The van der Waals surface area contributed by atoms with Crippen molar-refractivity contribution in [1.82, 2.24) is 0 Å². The van der Waals surface area contributed by atoms with Gasteiger partial charge in [-0.3, -0.25) is 4.79 Å². The number of methoxy groups -OCH3 is 1. The van der Waals surface area contributed by atoms with E-state index in [0.717, 1.165) is 19.1 Å². The van der Waals surface area contributed by atoms with Crippen molar-refractivity contribution in [2.24, 2.45) is 11.8 Å². The molecule has 1 aliphatic carbocycles. The summed E-state index contributed by atoms with van der Waals surface area (Å²) in [5.41, 5.74) is 0. The van der Waals surface area contributed by atoms with Crippen LogP contribution >= 0.6 is 0 Å². The van der Waals surface area contributed by atoms with Crippen molar-refractivity contribution in [2.75, 3.05) is 7.11 Å². The fourth-order valence-corrected chi connectivity index (χ4v) is 1.52. The van der Waals surface area contributed by atoms with Gasteiger partial charge in [-0.05, 0) is 19.3 Å². The zero-order valence-corrected chi connectivity index (χ0v) is 6.58. The number of carbonyl (C=O) groups is 2. The largest absolute Gasteiger partial charge is 0.469 e. The van der Waals surface area contributed by atoms with E-state index in [-0.39, 0.29) is 17.8 Å². The van der Waals surface area contributed by atoms with Crippen LogP contribution < -0.4 is 0 Å². The first-order valence-electron chi connectivity index (χ1n) is 3.81. The molecule has 0 spiro atoms. The Morgan fingerprint density at radius 1 is 1.55 bits per heavy atom. The molecule has 3 nitrogen and oxygen atoms in total. The van der Waals surface area contributed by atoms with Crippen molar-refractivity contribution in [3.05, 3.63) is 0 Å². The molecule has 0 unspecified atom stereocenters. The SMILES string of the molecule is COC(=O)[C@@H]1CC[C@H](C=O)C1. The van der Waals surface area contributed by atoms with Gasteiger partial charge in [-0.1, -0.05) is 0 Å². The molecule has 1 aliphatic rings. The lowest BCUT2D eigenvalue weighted by molar-refractivity contribution is -0.145. The number of rotatable bonds is 2. The highest BCUT2D eigenvalue weighted by Gasteiger charge is 2.29. The predicted octanol–water partition coefficient (Wildman–Crippen LogP) is 0.775. The molecule has 1 saturated carbocycles. The Kier molecular flexibility index (Phi) is 2.63. The van der Waals surface area contributed by atoms with E-state index >= 15 is 0 Å². The van der Waals surface area contributed by atoms with Gasteiger partial charge in [-0.25, -0.2) is 0 Å². The monoisotopic (exact) mass is 156 g/mol. The highest BCUT2D eigenvalue weighted by atomic mass is 16.5. The maximum atomic E-state index is 10.9. The van der Waals surface area contributed by atoms with E-state index < -0.39 is 0 Å². The molecule has 1 rings (SSSR count). The van der Waals surface area contributed by atoms with Crippen LogP contribution in [0.4, 0.5) is 0 Å². The zero-order chi connectivity index (χ0) is 8.27. The molecule has 0 bridgehead atoms. The first kappa shape index (κ1) is 8.24. The predicted molar refractivity (Wildman–Crippen MR) is 38.9 cm³/mol. The standard InChI is InChI=1S/C8H12O3/c1-11-8(10)7-3-2-6(4-7)5-9/h5-7H,2-4H2,1H3/t6-,7+/m0/s1. The number of esters is 1. The van der Waals surface area contributed by atoms with Gasteiger partial charge in [-0.2, -0.15) is 0 Å². The molecule has 11 heavy (non-hydrogen) atoms. The van der Waals surface area contributed by atoms with E-state index in [1.54, 1.807) is 0 Å². The number of ether oxygens (including phenoxy) is 1. The average molecular weight is 156 g/mol. The van der Waals surface area contributed by atoms with Crippen LogP contribution in [0.3, 0.4) is 0 Å². The Morgan fingerprint density at radius 2 is 2.27 bits per heavy atom. The lowest BCUT2D eigenvalue weighted by Gasteiger charge is -2.04. The second-order valence-electron chi connectivity index (χ2n) is 2.93. The summed E-state index contributed by atoms with van der Waals surface area (Å²) in [6.07, 6.45) is 3.25. The first-order chi connectivity index (χ1) is 5.27. The number of aldehydes is 1.